The molecule has 7 heteroatoms. The summed E-state index contributed by atoms with van der Waals surface area (Å²) < 4.78 is 4.92. The first-order chi connectivity index (χ1) is 11.6. The fraction of sp³-hybridized carbons (Fsp3) is 0.235. The number of carbonyl (C=O) groups is 3. The molecule has 0 radical (unpaired) electrons. The number of carbonyl (C=O) groups excluding carboxylic acids is 3. The van der Waals surface area contributed by atoms with E-state index in [1.54, 1.807) is 43.3 Å². The van der Waals surface area contributed by atoms with Gasteiger partial charge in [0.25, 0.3) is 5.91 Å². The van der Waals surface area contributed by atoms with E-state index in [0.29, 0.717) is 22.7 Å². The van der Waals surface area contributed by atoms with Crippen LogP contribution in [-0.2, 0) is 9.53 Å². The van der Waals surface area contributed by atoms with Crippen LogP contribution in [-0.4, -0.2) is 30.9 Å². The SMILES string of the molecule is CCOC(=O)c1cccc(NC(=O)CCNC(=O)c2cccs2)c1. The molecule has 2 aromatic rings. The average molecular weight is 346 g/mol. The fourth-order valence-corrected chi connectivity index (χ4v) is 2.59. The van der Waals surface area contributed by atoms with Crippen LogP contribution in [0.4, 0.5) is 5.69 Å². The summed E-state index contributed by atoms with van der Waals surface area (Å²) in [5.74, 6) is -0.874. The molecule has 0 aliphatic heterocycles. The van der Waals surface area contributed by atoms with E-state index in [-0.39, 0.29) is 24.8 Å². The van der Waals surface area contributed by atoms with Gasteiger partial charge in [0.1, 0.15) is 0 Å². The van der Waals surface area contributed by atoms with Crippen molar-refractivity contribution in [1.29, 1.82) is 0 Å². The highest BCUT2D eigenvalue weighted by Crippen LogP contribution is 2.12. The van der Waals surface area contributed by atoms with Gasteiger partial charge in [0.15, 0.2) is 0 Å². The minimum atomic E-state index is -0.434. The van der Waals surface area contributed by atoms with E-state index >= 15 is 0 Å². The number of thiophene rings is 1. The molecule has 24 heavy (non-hydrogen) atoms. The van der Waals surface area contributed by atoms with Gasteiger partial charge in [-0.15, -0.1) is 11.3 Å². The molecule has 1 aromatic carbocycles. The Bertz CT molecular complexity index is 713. The maximum Gasteiger partial charge on any atom is 0.338 e. The third-order valence-electron chi connectivity index (χ3n) is 3.04. The van der Waals surface area contributed by atoms with Gasteiger partial charge in [-0.25, -0.2) is 4.79 Å². The van der Waals surface area contributed by atoms with Crippen LogP contribution in [0.15, 0.2) is 41.8 Å². The highest BCUT2D eigenvalue weighted by molar-refractivity contribution is 7.12. The maximum absolute atomic E-state index is 11.9. The maximum atomic E-state index is 11.9. The molecule has 1 aromatic heterocycles. The Morgan fingerprint density at radius 1 is 1.17 bits per heavy atom. The van der Waals surface area contributed by atoms with Crippen LogP contribution in [0, 0.1) is 0 Å². The second kappa shape index (κ2) is 8.83. The standard InChI is InChI=1S/C17H18N2O4S/c1-2-23-17(22)12-5-3-6-13(11-12)19-15(20)8-9-18-16(21)14-7-4-10-24-14/h3-7,10-11H,2,8-9H2,1H3,(H,18,21)(H,19,20). The lowest BCUT2D eigenvalue weighted by Gasteiger charge is -2.08. The van der Waals surface area contributed by atoms with Crippen molar-refractivity contribution < 1.29 is 19.1 Å². The molecule has 126 valence electrons. The molecular weight excluding hydrogens is 328 g/mol. The van der Waals surface area contributed by atoms with E-state index in [4.69, 9.17) is 4.74 Å². The van der Waals surface area contributed by atoms with Crippen molar-refractivity contribution in [2.24, 2.45) is 0 Å². The Labute approximate surface area is 143 Å². The molecule has 2 N–H and O–H groups in total. The molecule has 0 fully saturated rings. The van der Waals surface area contributed by atoms with Gasteiger partial charge in [0.2, 0.25) is 5.91 Å². The molecule has 2 rings (SSSR count). The lowest BCUT2D eigenvalue weighted by molar-refractivity contribution is -0.116. The van der Waals surface area contributed by atoms with Crippen molar-refractivity contribution in [3.05, 3.63) is 52.2 Å². The summed E-state index contributed by atoms with van der Waals surface area (Å²) in [6.45, 7) is 2.26. The average Bonchev–Trinajstić information content (AvgIpc) is 3.10. The molecule has 0 atom stereocenters. The summed E-state index contributed by atoms with van der Waals surface area (Å²) in [4.78, 5) is 35.9. The van der Waals surface area contributed by atoms with Crippen molar-refractivity contribution in [3.63, 3.8) is 0 Å². The molecule has 0 spiro atoms. The molecule has 0 aliphatic carbocycles. The lowest BCUT2D eigenvalue weighted by atomic mass is 10.2. The third-order valence-corrected chi connectivity index (χ3v) is 3.91. The van der Waals surface area contributed by atoms with E-state index < -0.39 is 5.97 Å². The number of nitrogens with one attached hydrogen (secondary N) is 2. The molecule has 0 saturated carbocycles. The van der Waals surface area contributed by atoms with Gasteiger partial charge in [-0.05, 0) is 36.6 Å². The van der Waals surface area contributed by atoms with Crippen molar-refractivity contribution in [2.45, 2.75) is 13.3 Å². The van der Waals surface area contributed by atoms with Crippen molar-refractivity contribution >= 4 is 34.8 Å². The van der Waals surface area contributed by atoms with E-state index in [0.717, 1.165) is 0 Å². The summed E-state index contributed by atoms with van der Waals surface area (Å²) >= 11 is 1.34. The fourth-order valence-electron chi connectivity index (χ4n) is 1.95. The Morgan fingerprint density at radius 2 is 2.00 bits per heavy atom. The molecule has 6 nitrogen and oxygen atoms in total. The van der Waals surface area contributed by atoms with Crippen LogP contribution in [0.25, 0.3) is 0 Å². The predicted octanol–water partition coefficient (Wildman–Crippen LogP) is 2.68. The summed E-state index contributed by atoms with van der Waals surface area (Å²) in [6.07, 6.45) is 0.140. The second-order valence-electron chi connectivity index (χ2n) is 4.83. The monoisotopic (exact) mass is 346 g/mol. The number of anilines is 1. The van der Waals surface area contributed by atoms with Gasteiger partial charge >= 0.3 is 5.97 Å². The highest BCUT2D eigenvalue weighted by Gasteiger charge is 2.10. The van der Waals surface area contributed by atoms with Gasteiger partial charge in [-0.1, -0.05) is 12.1 Å². The number of benzene rings is 1. The van der Waals surface area contributed by atoms with Crippen LogP contribution < -0.4 is 10.6 Å². The minimum absolute atomic E-state index is 0.140. The molecule has 0 bridgehead atoms. The van der Waals surface area contributed by atoms with Crippen LogP contribution in [0.3, 0.4) is 0 Å². The van der Waals surface area contributed by atoms with Crippen molar-refractivity contribution in [2.75, 3.05) is 18.5 Å². The van der Waals surface area contributed by atoms with E-state index in [1.165, 1.54) is 11.3 Å². The van der Waals surface area contributed by atoms with Gasteiger partial charge in [0, 0.05) is 18.7 Å². The minimum Gasteiger partial charge on any atom is -0.462 e. The van der Waals surface area contributed by atoms with Gasteiger partial charge in [0.05, 0.1) is 17.0 Å². The predicted molar refractivity (Wildman–Crippen MR) is 92.3 cm³/mol. The number of rotatable bonds is 7. The lowest BCUT2D eigenvalue weighted by Crippen LogP contribution is -2.27. The molecule has 0 aliphatic rings. The van der Waals surface area contributed by atoms with Gasteiger partial charge in [-0.3, -0.25) is 9.59 Å². The first kappa shape index (κ1) is 17.7. The Balaban J connectivity index is 1.81. The van der Waals surface area contributed by atoms with E-state index in [2.05, 4.69) is 10.6 Å². The molecule has 2 amide bonds. The normalized spacial score (nSPS) is 10.0. The molecular formula is C17H18N2O4S. The van der Waals surface area contributed by atoms with E-state index in [9.17, 15) is 14.4 Å². The third kappa shape index (κ3) is 5.20. The van der Waals surface area contributed by atoms with E-state index in [1.807, 2.05) is 5.38 Å². The second-order valence-corrected chi connectivity index (χ2v) is 5.78. The quantitative estimate of drug-likeness (QED) is 0.755. The molecule has 0 saturated heterocycles. The van der Waals surface area contributed by atoms with Crippen molar-refractivity contribution in [1.82, 2.24) is 5.32 Å². The number of hydrogen-bond acceptors (Lipinski definition) is 5. The zero-order valence-corrected chi connectivity index (χ0v) is 14.0. The number of esters is 1. The zero-order chi connectivity index (χ0) is 17.4. The summed E-state index contributed by atoms with van der Waals surface area (Å²) in [5.41, 5.74) is 0.885. The van der Waals surface area contributed by atoms with Gasteiger partial charge in [-0.2, -0.15) is 0 Å². The number of ether oxygens (including phenoxy) is 1. The smallest absolute Gasteiger partial charge is 0.338 e. The van der Waals surface area contributed by atoms with Crippen LogP contribution >= 0.6 is 11.3 Å². The zero-order valence-electron chi connectivity index (χ0n) is 13.2. The molecule has 0 unspecified atom stereocenters. The largest absolute Gasteiger partial charge is 0.462 e. The summed E-state index contributed by atoms with van der Waals surface area (Å²) in [7, 11) is 0. The van der Waals surface area contributed by atoms with Crippen LogP contribution in [0.2, 0.25) is 0 Å². The first-order valence-corrected chi connectivity index (χ1v) is 8.37. The highest BCUT2D eigenvalue weighted by atomic mass is 32.1. The van der Waals surface area contributed by atoms with Gasteiger partial charge < -0.3 is 15.4 Å². The van der Waals surface area contributed by atoms with Crippen molar-refractivity contribution in [3.8, 4) is 0 Å². The number of hydrogen-bond donors (Lipinski definition) is 2. The number of amides is 2. The Hall–Kier alpha value is -2.67. The topological polar surface area (TPSA) is 84.5 Å². The molecule has 1 heterocycles. The summed E-state index contributed by atoms with van der Waals surface area (Å²) in [6, 6.07) is 10.0. The Kier molecular flexibility index (Phi) is 6.51. The summed E-state index contributed by atoms with van der Waals surface area (Å²) in [5, 5.41) is 7.19. The van der Waals surface area contributed by atoms with Crippen LogP contribution in [0.5, 0.6) is 0 Å². The van der Waals surface area contributed by atoms with Crippen LogP contribution in [0.1, 0.15) is 33.4 Å². The first-order valence-electron chi connectivity index (χ1n) is 7.49. The Morgan fingerprint density at radius 3 is 2.71 bits per heavy atom.